The van der Waals surface area contributed by atoms with E-state index in [2.05, 4.69) is 33.2 Å². The van der Waals surface area contributed by atoms with E-state index in [-0.39, 0.29) is 17.6 Å². The summed E-state index contributed by atoms with van der Waals surface area (Å²) < 4.78 is 6.24. The lowest BCUT2D eigenvalue weighted by atomic mass is 10.1. The topological polar surface area (TPSA) is 71.3 Å². The van der Waals surface area contributed by atoms with Crippen molar-refractivity contribution in [2.75, 3.05) is 10.6 Å². The van der Waals surface area contributed by atoms with Crippen LogP contribution in [0.3, 0.4) is 0 Å². The average Bonchev–Trinajstić information content (AvgIpc) is 3.35. The van der Waals surface area contributed by atoms with E-state index >= 15 is 0 Å². The highest BCUT2D eigenvalue weighted by molar-refractivity contribution is 14.1. The monoisotopic (exact) mass is 554 g/mol. The summed E-state index contributed by atoms with van der Waals surface area (Å²) in [7, 11) is 0. The average molecular weight is 554 g/mol. The molecule has 160 valence electrons. The molecule has 1 unspecified atom stereocenters. The van der Waals surface area contributed by atoms with Crippen molar-refractivity contribution in [3.63, 3.8) is 0 Å². The highest BCUT2D eigenvalue weighted by Crippen LogP contribution is 2.37. The molecule has 2 N–H and O–H groups in total. The number of hydrogen-bond acceptors (Lipinski definition) is 4. The Morgan fingerprint density at radius 3 is 2.31 bits per heavy atom. The zero-order valence-corrected chi connectivity index (χ0v) is 19.8. The van der Waals surface area contributed by atoms with Crippen LogP contribution < -0.4 is 10.6 Å². The lowest BCUT2D eigenvalue weighted by Gasteiger charge is -2.18. The molecule has 4 rings (SSSR count). The van der Waals surface area contributed by atoms with Crippen LogP contribution in [0.1, 0.15) is 21.4 Å². The van der Waals surface area contributed by atoms with E-state index in [0.29, 0.717) is 5.69 Å². The van der Waals surface area contributed by atoms with E-state index in [0.717, 1.165) is 19.7 Å². The number of hydrogen-bond donors (Lipinski definition) is 2. The summed E-state index contributed by atoms with van der Waals surface area (Å²) in [6.45, 7) is 0. The molecule has 3 aromatic carbocycles. The van der Waals surface area contributed by atoms with Gasteiger partial charge >= 0.3 is 0 Å². The number of benzene rings is 3. The van der Waals surface area contributed by atoms with Crippen LogP contribution in [0, 0.1) is 3.57 Å². The molecule has 1 aromatic heterocycles. The Bertz CT molecular complexity index is 1200. The third-order valence-electron chi connectivity index (χ3n) is 4.54. The molecular weight excluding hydrogens is 535 g/mol. The Morgan fingerprint density at radius 1 is 0.812 bits per heavy atom. The molecule has 0 aliphatic carbocycles. The first-order chi connectivity index (χ1) is 15.6. The number of carbonyl (C=O) groups excluding carboxylic acids is 2. The molecule has 7 heteroatoms. The van der Waals surface area contributed by atoms with Gasteiger partial charge < -0.3 is 15.1 Å². The van der Waals surface area contributed by atoms with Gasteiger partial charge in [0.05, 0.1) is 6.26 Å². The molecule has 1 heterocycles. The molecule has 0 aliphatic heterocycles. The van der Waals surface area contributed by atoms with Crippen molar-refractivity contribution in [1.29, 1.82) is 0 Å². The lowest BCUT2D eigenvalue weighted by molar-refractivity contribution is -0.115. The zero-order chi connectivity index (χ0) is 22.3. The van der Waals surface area contributed by atoms with Gasteiger partial charge in [0, 0.05) is 19.8 Å². The van der Waals surface area contributed by atoms with Crippen molar-refractivity contribution >= 4 is 57.5 Å². The van der Waals surface area contributed by atoms with Crippen LogP contribution in [0.15, 0.2) is 107 Å². The van der Waals surface area contributed by atoms with Gasteiger partial charge in [-0.05, 0) is 82.8 Å². The van der Waals surface area contributed by atoms with Crippen LogP contribution in [0.5, 0.6) is 0 Å². The first kappa shape index (κ1) is 22.2. The lowest BCUT2D eigenvalue weighted by Crippen LogP contribution is -2.19. The standard InChI is InChI=1S/C25H19IN2O3S/c26-18-11-13-19(14-12-18)27-25(30)23(17-6-2-1-3-7-17)32-21-9-4-8-20(16-21)28-24(29)22-10-5-15-31-22/h1-16,23H,(H,27,30)(H,28,29). The van der Waals surface area contributed by atoms with Gasteiger partial charge in [0.15, 0.2) is 5.76 Å². The van der Waals surface area contributed by atoms with E-state index in [1.54, 1.807) is 18.2 Å². The number of anilines is 2. The minimum absolute atomic E-state index is 0.118. The van der Waals surface area contributed by atoms with Crippen LogP contribution in [0.25, 0.3) is 0 Å². The van der Waals surface area contributed by atoms with Crippen LogP contribution in [-0.4, -0.2) is 11.8 Å². The minimum atomic E-state index is -0.466. The Balaban J connectivity index is 1.54. The largest absolute Gasteiger partial charge is 0.459 e. The van der Waals surface area contributed by atoms with Crippen molar-refractivity contribution in [1.82, 2.24) is 0 Å². The SMILES string of the molecule is O=C(Nc1cccc(SC(C(=O)Nc2ccc(I)cc2)c2ccccc2)c1)c1ccco1. The van der Waals surface area contributed by atoms with E-state index in [9.17, 15) is 9.59 Å². The molecule has 0 aliphatic rings. The number of halogens is 1. The molecule has 4 aromatic rings. The Labute approximate surface area is 203 Å². The Kier molecular flexibility index (Phi) is 7.28. The fraction of sp³-hybridized carbons (Fsp3) is 0.0400. The number of carbonyl (C=O) groups is 2. The number of thioether (sulfide) groups is 1. The fourth-order valence-electron chi connectivity index (χ4n) is 3.03. The summed E-state index contributed by atoms with van der Waals surface area (Å²) in [5.74, 6) is -0.206. The summed E-state index contributed by atoms with van der Waals surface area (Å²) in [6, 6.07) is 28.0. The van der Waals surface area contributed by atoms with Gasteiger partial charge in [-0.3, -0.25) is 9.59 Å². The number of furan rings is 1. The van der Waals surface area contributed by atoms with E-state index in [1.165, 1.54) is 18.0 Å². The second-order valence-electron chi connectivity index (χ2n) is 6.86. The first-order valence-corrected chi connectivity index (χ1v) is 11.8. The summed E-state index contributed by atoms with van der Waals surface area (Å²) >= 11 is 3.65. The molecule has 0 spiro atoms. The van der Waals surface area contributed by atoms with E-state index < -0.39 is 5.25 Å². The summed E-state index contributed by atoms with van der Waals surface area (Å²) in [5, 5.41) is 5.37. The van der Waals surface area contributed by atoms with Crippen molar-refractivity contribution < 1.29 is 14.0 Å². The van der Waals surface area contributed by atoms with Gasteiger partial charge in [0.1, 0.15) is 5.25 Å². The summed E-state index contributed by atoms with van der Waals surface area (Å²) in [6.07, 6.45) is 1.46. The predicted octanol–water partition coefficient (Wildman–Crippen LogP) is 6.61. The molecule has 0 radical (unpaired) electrons. The third kappa shape index (κ3) is 5.80. The van der Waals surface area contributed by atoms with Gasteiger partial charge in [-0.25, -0.2) is 0 Å². The normalized spacial score (nSPS) is 11.5. The zero-order valence-electron chi connectivity index (χ0n) is 16.8. The maximum absolute atomic E-state index is 13.2. The predicted molar refractivity (Wildman–Crippen MR) is 136 cm³/mol. The minimum Gasteiger partial charge on any atom is -0.459 e. The molecule has 2 amide bonds. The van der Waals surface area contributed by atoms with Crippen LogP contribution in [0.4, 0.5) is 11.4 Å². The van der Waals surface area contributed by atoms with Crippen molar-refractivity contribution in [2.45, 2.75) is 10.1 Å². The highest BCUT2D eigenvalue weighted by atomic mass is 127. The van der Waals surface area contributed by atoms with Crippen LogP contribution in [-0.2, 0) is 4.79 Å². The number of nitrogens with one attached hydrogen (secondary N) is 2. The van der Waals surface area contributed by atoms with Crippen molar-refractivity contribution in [3.05, 3.63) is 112 Å². The van der Waals surface area contributed by atoms with Gasteiger partial charge in [-0.1, -0.05) is 36.4 Å². The quantitative estimate of drug-likeness (QED) is 0.199. The van der Waals surface area contributed by atoms with Crippen LogP contribution >= 0.6 is 34.4 Å². The highest BCUT2D eigenvalue weighted by Gasteiger charge is 2.22. The van der Waals surface area contributed by atoms with Crippen molar-refractivity contribution in [3.8, 4) is 0 Å². The molecule has 0 saturated heterocycles. The van der Waals surface area contributed by atoms with Gasteiger partial charge in [0.2, 0.25) is 5.91 Å². The Hall–Kier alpha value is -3.04. The van der Waals surface area contributed by atoms with Gasteiger partial charge in [0.25, 0.3) is 5.91 Å². The second kappa shape index (κ2) is 10.5. The molecule has 5 nitrogen and oxygen atoms in total. The molecule has 0 bridgehead atoms. The summed E-state index contributed by atoms with van der Waals surface area (Å²) in [5.41, 5.74) is 2.27. The molecule has 32 heavy (non-hydrogen) atoms. The third-order valence-corrected chi connectivity index (χ3v) is 6.51. The van der Waals surface area contributed by atoms with Crippen LogP contribution in [0.2, 0.25) is 0 Å². The maximum Gasteiger partial charge on any atom is 0.291 e. The molecular formula is C25H19IN2O3S. The maximum atomic E-state index is 13.2. The number of rotatable bonds is 7. The summed E-state index contributed by atoms with van der Waals surface area (Å²) in [4.78, 5) is 26.3. The molecule has 0 saturated carbocycles. The second-order valence-corrected chi connectivity index (χ2v) is 9.29. The van der Waals surface area contributed by atoms with E-state index in [1.807, 2.05) is 72.8 Å². The Morgan fingerprint density at radius 2 is 1.59 bits per heavy atom. The van der Waals surface area contributed by atoms with Gasteiger partial charge in [-0.2, -0.15) is 0 Å². The fourth-order valence-corrected chi connectivity index (χ4v) is 4.47. The smallest absolute Gasteiger partial charge is 0.291 e. The van der Waals surface area contributed by atoms with E-state index in [4.69, 9.17) is 4.42 Å². The van der Waals surface area contributed by atoms with Gasteiger partial charge in [-0.15, -0.1) is 11.8 Å². The molecule has 1 atom stereocenters. The number of amides is 2. The first-order valence-electron chi connectivity index (χ1n) is 9.81. The van der Waals surface area contributed by atoms with Crippen molar-refractivity contribution in [2.24, 2.45) is 0 Å². The molecule has 0 fully saturated rings.